The summed E-state index contributed by atoms with van der Waals surface area (Å²) < 4.78 is 4.60. The highest BCUT2D eigenvalue weighted by molar-refractivity contribution is 6.82. The van der Waals surface area contributed by atoms with E-state index in [1.54, 1.807) is 6.92 Å². The van der Waals surface area contributed by atoms with Crippen LogP contribution in [0.2, 0.25) is 5.02 Å². The number of benzene rings is 1. The molecule has 1 N–H and O–H groups in total. The molecule has 0 saturated heterocycles. The fraction of sp³-hybridized carbons (Fsp3) is 0.200. The number of hydrogen-bond donors (Lipinski definition) is 1. The number of anilines is 1. The van der Waals surface area contributed by atoms with Crippen LogP contribution in [-0.2, 0) is 9.53 Å². The van der Waals surface area contributed by atoms with E-state index in [0.717, 1.165) is 0 Å². The lowest BCUT2D eigenvalue weighted by Gasteiger charge is -2.04. The third kappa shape index (κ3) is 4.38. The van der Waals surface area contributed by atoms with Gasteiger partial charge in [0.1, 0.15) is 0 Å². The fourth-order valence-electron chi connectivity index (χ4n) is 1.06. The molecule has 0 saturated carbocycles. The molecule has 0 atom stereocenters. The van der Waals surface area contributed by atoms with Crippen molar-refractivity contribution in [3.63, 3.8) is 0 Å². The zero-order chi connectivity index (χ0) is 14.4. The number of nitro benzene ring substituents is 1. The number of carbonyl (C=O) groups excluding carboxylic acids is 1. The summed E-state index contributed by atoms with van der Waals surface area (Å²) in [7, 11) is 0. The minimum absolute atomic E-state index is 0.151. The van der Waals surface area contributed by atoms with Crippen molar-refractivity contribution in [1.29, 1.82) is 0 Å². The quantitative estimate of drug-likeness (QED) is 0.391. The first kappa shape index (κ1) is 15.2. The first-order valence-corrected chi connectivity index (χ1v) is 5.81. The minimum atomic E-state index is -0.807. The second-order valence-corrected chi connectivity index (χ2v) is 3.92. The number of nitrogens with one attached hydrogen (secondary N) is 1. The molecular weight excluding hydrogens is 297 g/mol. The summed E-state index contributed by atoms with van der Waals surface area (Å²) in [5.74, 6) is -0.807. The lowest BCUT2D eigenvalue weighted by Crippen LogP contribution is -2.13. The lowest BCUT2D eigenvalue weighted by molar-refractivity contribution is -0.384. The molecule has 0 aliphatic carbocycles. The van der Waals surface area contributed by atoms with Gasteiger partial charge in [0, 0.05) is 12.1 Å². The largest absolute Gasteiger partial charge is 0.461 e. The summed E-state index contributed by atoms with van der Waals surface area (Å²) in [4.78, 5) is 21.2. The molecule has 0 aliphatic rings. The van der Waals surface area contributed by atoms with E-state index < -0.39 is 16.1 Å². The van der Waals surface area contributed by atoms with E-state index in [0.29, 0.717) is 0 Å². The van der Waals surface area contributed by atoms with Crippen molar-refractivity contribution in [2.24, 2.45) is 5.10 Å². The third-order valence-corrected chi connectivity index (χ3v) is 2.45. The second-order valence-electron chi connectivity index (χ2n) is 3.16. The predicted molar refractivity (Wildman–Crippen MR) is 71.7 cm³/mol. The smallest absolute Gasteiger partial charge is 0.370 e. The Balaban J connectivity index is 2.87. The number of nitrogens with zero attached hydrogens (tertiary/aromatic N) is 2. The normalized spacial score (nSPS) is 11.0. The molecule has 102 valence electrons. The van der Waals surface area contributed by atoms with Gasteiger partial charge in [-0.1, -0.05) is 23.2 Å². The van der Waals surface area contributed by atoms with Crippen LogP contribution in [0.3, 0.4) is 0 Å². The van der Waals surface area contributed by atoms with Crippen LogP contribution in [0.4, 0.5) is 11.4 Å². The van der Waals surface area contributed by atoms with Gasteiger partial charge < -0.3 is 4.74 Å². The second kappa shape index (κ2) is 6.91. The van der Waals surface area contributed by atoms with Gasteiger partial charge in [-0.25, -0.2) is 4.79 Å². The number of rotatable bonds is 5. The van der Waals surface area contributed by atoms with E-state index in [4.69, 9.17) is 23.2 Å². The van der Waals surface area contributed by atoms with Gasteiger partial charge in [-0.3, -0.25) is 15.5 Å². The predicted octanol–water partition coefficient (Wildman–Crippen LogP) is 2.78. The summed E-state index contributed by atoms with van der Waals surface area (Å²) in [5, 5.41) is 13.9. The summed E-state index contributed by atoms with van der Waals surface area (Å²) in [6.07, 6.45) is 0. The molecule has 0 aromatic heterocycles. The van der Waals surface area contributed by atoms with E-state index in [1.165, 1.54) is 18.2 Å². The van der Waals surface area contributed by atoms with Crippen LogP contribution in [0.15, 0.2) is 23.3 Å². The zero-order valence-corrected chi connectivity index (χ0v) is 11.2. The first-order valence-electron chi connectivity index (χ1n) is 5.06. The van der Waals surface area contributed by atoms with Crippen molar-refractivity contribution in [2.75, 3.05) is 12.0 Å². The molecule has 0 amide bonds. The maximum absolute atomic E-state index is 11.2. The molecule has 0 radical (unpaired) electrons. The molecule has 0 bridgehead atoms. The van der Waals surface area contributed by atoms with Crippen molar-refractivity contribution in [1.82, 2.24) is 0 Å². The average molecular weight is 306 g/mol. The van der Waals surface area contributed by atoms with Gasteiger partial charge in [-0.15, -0.1) is 0 Å². The highest BCUT2D eigenvalue weighted by atomic mass is 35.5. The summed E-state index contributed by atoms with van der Waals surface area (Å²) in [6, 6.07) is 3.74. The van der Waals surface area contributed by atoms with Crippen LogP contribution in [-0.4, -0.2) is 22.7 Å². The molecule has 0 heterocycles. The molecule has 0 spiro atoms. The Kier molecular flexibility index (Phi) is 5.53. The molecule has 1 aromatic carbocycles. The SMILES string of the molecule is CCOC(=O)/C(Cl)=N/Nc1cc([N+](=O)[O-])ccc1Cl. The number of halogens is 2. The number of ether oxygens (including phenoxy) is 1. The molecular formula is C10H9Cl2N3O4. The fourth-order valence-corrected chi connectivity index (χ4v) is 1.31. The van der Waals surface area contributed by atoms with Gasteiger partial charge in [0.25, 0.3) is 5.69 Å². The van der Waals surface area contributed by atoms with Crippen molar-refractivity contribution < 1.29 is 14.5 Å². The molecule has 9 heteroatoms. The van der Waals surface area contributed by atoms with Gasteiger partial charge >= 0.3 is 5.97 Å². The number of nitro groups is 1. The summed E-state index contributed by atoms with van der Waals surface area (Å²) >= 11 is 11.4. The Hall–Kier alpha value is -1.86. The Bertz CT molecular complexity index is 534. The van der Waals surface area contributed by atoms with Crippen LogP contribution >= 0.6 is 23.2 Å². The van der Waals surface area contributed by atoms with E-state index >= 15 is 0 Å². The van der Waals surface area contributed by atoms with E-state index in [9.17, 15) is 14.9 Å². The standard InChI is InChI=1S/C10H9Cl2N3O4/c1-2-19-10(16)9(12)14-13-8-5-6(15(17)18)3-4-7(8)11/h3-5,13H,2H2,1H3/b14-9-. The first-order chi connectivity index (χ1) is 8.95. The monoisotopic (exact) mass is 305 g/mol. The van der Waals surface area contributed by atoms with Gasteiger partial charge in [0.05, 0.1) is 22.2 Å². The maximum atomic E-state index is 11.2. The zero-order valence-electron chi connectivity index (χ0n) is 9.72. The molecule has 1 rings (SSSR count). The van der Waals surface area contributed by atoms with Gasteiger partial charge in [-0.2, -0.15) is 5.10 Å². The lowest BCUT2D eigenvalue weighted by atomic mass is 10.3. The molecule has 7 nitrogen and oxygen atoms in total. The third-order valence-electron chi connectivity index (χ3n) is 1.88. The number of esters is 1. The van der Waals surface area contributed by atoms with Crippen molar-refractivity contribution >= 4 is 45.7 Å². The molecule has 19 heavy (non-hydrogen) atoms. The number of hydrazone groups is 1. The van der Waals surface area contributed by atoms with Crippen molar-refractivity contribution in [3.05, 3.63) is 33.3 Å². The van der Waals surface area contributed by atoms with Crippen molar-refractivity contribution in [2.45, 2.75) is 6.92 Å². The highest BCUT2D eigenvalue weighted by Gasteiger charge is 2.12. The van der Waals surface area contributed by atoms with E-state index in [-0.39, 0.29) is 23.0 Å². The minimum Gasteiger partial charge on any atom is -0.461 e. The van der Waals surface area contributed by atoms with E-state index in [2.05, 4.69) is 15.3 Å². The van der Waals surface area contributed by atoms with Crippen molar-refractivity contribution in [3.8, 4) is 0 Å². The Morgan fingerprint density at radius 2 is 2.26 bits per heavy atom. The summed E-state index contributed by atoms with van der Waals surface area (Å²) in [6.45, 7) is 1.77. The number of carbonyl (C=O) groups is 1. The molecule has 0 unspecified atom stereocenters. The van der Waals surface area contributed by atoms with Crippen LogP contribution in [0.5, 0.6) is 0 Å². The topological polar surface area (TPSA) is 93.8 Å². The molecule has 1 aromatic rings. The Morgan fingerprint density at radius 3 is 2.84 bits per heavy atom. The van der Waals surface area contributed by atoms with E-state index in [1.807, 2.05) is 0 Å². The van der Waals surface area contributed by atoms with Crippen LogP contribution < -0.4 is 5.43 Å². The summed E-state index contributed by atoms with van der Waals surface area (Å²) in [5.41, 5.74) is 2.35. The Labute approximate surface area is 118 Å². The highest BCUT2D eigenvalue weighted by Crippen LogP contribution is 2.26. The van der Waals surface area contributed by atoms with Crippen LogP contribution in [0.25, 0.3) is 0 Å². The van der Waals surface area contributed by atoms with Gasteiger partial charge in [0.15, 0.2) is 0 Å². The average Bonchev–Trinajstić information content (AvgIpc) is 2.37. The maximum Gasteiger partial charge on any atom is 0.370 e. The van der Waals surface area contributed by atoms with Crippen LogP contribution in [0, 0.1) is 10.1 Å². The Morgan fingerprint density at radius 1 is 1.58 bits per heavy atom. The van der Waals surface area contributed by atoms with Gasteiger partial charge in [-0.05, 0) is 13.0 Å². The molecule has 0 aliphatic heterocycles. The van der Waals surface area contributed by atoms with Crippen LogP contribution in [0.1, 0.15) is 6.92 Å². The number of non-ortho nitro benzene ring substituents is 1. The number of hydrogen-bond acceptors (Lipinski definition) is 6. The van der Waals surface area contributed by atoms with Gasteiger partial charge in [0.2, 0.25) is 5.17 Å². The molecule has 0 fully saturated rings.